The van der Waals surface area contributed by atoms with Crippen LogP contribution in [0.4, 0.5) is 0 Å². The first-order valence-corrected chi connectivity index (χ1v) is 10.6. The van der Waals surface area contributed by atoms with Crippen molar-refractivity contribution in [3.8, 4) is 0 Å². The van der Waals surface area contributed by atoms with E-state index in [1.54, 1.807) is 11.1 Å². The van der Waals surface area contributed by atoms with Crippen LogP contribution in [0.1, 0.15) is 68.6 Å². The Kier molecular flexibility index (Phi) is 5.15. The Morgan fingerprint density at radius 2 is 1.64 bits per heavy atom. The van der Waals surface area contributed by atoms with Gasteiger partial charge in [-0.15, -0.1) is 0 Å². The molecule has 4 rings (SSSR count). The fourth-order valence-corrected chi connectivity index (χ4v) is 6.17. The monoisotopic (exact) mass is 334 g/mol. The lowest BCUT2D eigenvalue weighted by molar-refractivity contribution is 0.0810. The molecule has 0 spiro atoms. The van der Waals surface area contributed by atoms with E-state index in [0.29, 0.717) is 0 Å². The third-order valence-corrected chi connectivity index (χ3v) is 7.56. The highest BCUT2D eigenvalue weighted by molar-refractivity contribution is 5.50. The molecule has 1 aromatic rings. The molecule has 134 valence electrons. The van der Waals surface area contributed by atoms with E-state index in [2.05, 4.69) is 43.9 Å². The van der Waals surface area contributed by atoms with Gasteiger partial charge in [0.05, 0.1) is 0 Å². The summed E-state index contributed by atoms with van der Waals surface area (Å²) in [6.07, 6.45) is 19.7. The van der Waals surface area contributed by atoms with Crippen molar-refractivity contribution in [3.63, 3.8) is 0 Å². The van der Waals surface area contributed by atoms with Gasteiger partial charge in [0.15, 0.2) is 0 Å². The molecule has 2 saturated carbocycles. The lowest BCUT2D eigenvalue weighted by Crippen LogP contribution is -2.34. The van der Waals surface area contributed by atoms with E-state index in [9.17, 15) is 0 Å². The largest absolute Gasteiger partial charge is 0.0985 e. The second kappa shape index (κ2) is 7.52. The van der Waals surface area contributed by atoms with E-state index >= 15 is 0 Å². The molecule has 25 heavy (non-hydrogen) atoms. The van der Waals surface area contributed by atoms with Gasteiger partial charge in [-0.1, -0.05) is 43.0 Å². The molecule has 0 N–H and O–H groups in total. The highest BCUT2D eigenvalue weighted by Gasteiger charge is 2.38. The topological polar surface area (TPSA) is 0 Å². The smallest absolute Gasteiger partial charge is 0.0231 e. The fraction of sp³-hybridized carbons (Fsp3) is 0.600. The summed E-state index contributed by atoms with van der Waals surface area (Å²) in [6, 6.07) is 7.01. The molecule has 5 atom stereocenters. The van der Waals surface area contributed by atoms with Gasteiger partial charge >= 0.3 is 0 Å². The molecular weight excluding hydrogens is 300 g/mol. The van der Waals surface area contributed by atoms with Gasteiger partial charge in [-0.3, -0.25) is 0 Å². The van der Waals surface area contributed by atoms with Crippen LogP contribution in [0.3, 0.4) is 0 Å². The predicted octanol–water partition coefficient (Wildman–Crippen LogP) is 6.84. The van der Waals surface area contributed by atoms with Gasteiger partial charge in [0.2, 0.25) is 0 Å². The second-order valence-electron chi connectivity index (χ2n) is 8.93. The minimum Gasteiger partial charge on any atom is -0.0985 e. The van der Waals surface area contributed by atoms with Crippen LogP contribution in [-0.2, 0) is 12.8 Å². The summed E-state index contributed by atoms with van der Waals surface area (Å²) in [5, 5.41) is 0. The third-order valence-electron chi connectivity index (χ3n) is 7.56. The van der Waals surface area contributed by atoms with E-state index in [0.717, 1.165) is 29.6 Å². The molecule has 1 aromatic carbocycles. The van der Waals surface area contributed by atoms with Gasteiger partial charge in [-0.05, 0) is 111 Å². The quantitative estimate of drug-likeness (QED) is 0.531. The van der Waals surface area contributed by atoms with E-state index in [-0.39, 0.29) is 0 Å². The van der Waals surface area contributed by atoms with Crippen molar-refractivity contribution < 1.29 is 0 Å². The summed E-state index contributed by atoms with van der Waals surface area (Å²) >= 11 is 0. The van der Waals surface area contributed by atoms with Crippen LogP contribution in [0, 0.1) is 29.6 Å². The fourth-order valence-electron chi connectivity index (χ4n) is 6.17. The average Bonchev–Trinajstić information content (AvgIpc) is 2.67. The normalized spacial score (nSPS) is 35.2. The number of aryl methyl sites for hydroxylation is 1. The number of hydrogen-bond acceptors (Lipinski definition) is 0. The standard InChI is InChI=1S/C25H34/c1-3-5-19-7-9-23-17-25(13-11-21(23)15-19)24-12-10-20-14-18(4-2)6-8-22(20)16-24/h3-6,8,14,19,21,23-25H,2,7,9-13,15-17H2,1H3. The molecule has 0 heteroatoms. The molecule has 0 heterocycles. The van der Waals surface area contributed by atoms with Gasteiger partial charge in [0.1, 0.15) is 0 Å². The van der Waals surface area contributed by atoms with Crippen LogP contribution in [-0.4, -0.2) is 0 Å². The van der Waals surface area contributed by atoms with Gasteiger partial charge in [-0.25, -0.2) is 0 Å². The maximum absolute atomic E-state index is 3.92. The lowest BCUT2D eigenvalue weighted by atomic mass is 9.61. The summed E-state index contributed by atoms with van der Waals surface area (Å²) in [5.74, 6) is 4.87. The molecule has 3 aliphatic carbocycles. The van der Waals surface area contributed by atoms with Crippen molar-refractivity contribution in [2.45, 2.75) is 64.7 Å². The molecule has 0 amide bonds. The first-order chi connectivity index (χ1) is 12.3. The van der Waals surface area contributed by atoms with E-state index in [1.165, 1.54) is 63.4 Å². The first kappa shape index (κ1) is 17.1. The molecule has 0 aromatic heterocycles. The van der Waals surface area contributed by atoms with E-state index < -0.39 is 0 Å². The number of rotatable bonds is 3. The maximum atomic E-state index is 3.92. The van der Waals surface area contributed by atoms with Crippen LogP contribution in [0.25, 0.3) is 6.08 Å². The lowest BCUT2D eigenvalue weighted by Gasteiger charge is -2.44. The molecule has 0 nitrogen and oxygen atoms in total. The van der Waals surface area contributed by atoms with Gasteiger partial charge < -0.3 is 0 Å². The minimum atomic E-state index is 0.878. The molecule has 0 aliphatic heterocycles. The van der Waals surface area contributed by atoms with Gasteiger partial charge in [0.25, 0.3) is 0 Å². The summed E-state index contributed by atoms with van der Waals surface area (Å²) in [5.41, 5.74) is 4.51. The summed E-state index contributed by atoms with van der Waals surface area (Å²) in [7, 11) is 0. The van der Waals surface area contributed by atoms with Crippen LogP contribution < -0.4 is 0 Å². The Balaban J connectivity index is 1.38. The van der Waals surface area contributed by atoms with Gasteiger partial charge in [0, 0.05) is 0 Å². The Morgan fingerprint density at radius 3 is 2.44 bits per heavy atom. The van der Waals surface area contributed by atoms with Crippen molar-refractivity contribution in [1.29, 1.82) is 0 Å². The average molecular weight is 335 g/mol. The number of hydrogen-bond donors (Lipinski definition) is 0. The zero-order chi connectivity index (χ0) is 17.2. The zero-order valence-electron chi connectivity index (χ0n) is 15.9. The molecule has 3 aliphatic rings. The second-order valence-corrected chi connectivity index (χ2v) is 8.93. The third kappa shape index (κ3) is 3.64. The Hall–Kier alpha value is -1.30. The molecule has 5 unspecified atom stereocenters. The number of allylic oxidation sites excluding steroid dienone is 2. The molecule has 0 bridgehead atoms. The Labute approximate surface area is 154 Å². The van der Waals surface area contributed by atoms with Crippen molar-refractivity contribution in [1.82, 2.24) is 0 Å². The maximum Gasteiger partial charge on any atom is -0.0231 e. The Bertz CT molecular complexity index is 637. The highest BCUT2D eigenvalue weighted by Crippen LogP contribution is 2.48. The first-order valence-electron chi connectivity index (χ1n) is 10.6. The van der Waals surface area contributed by atoms with Crippen LogP contribution in [0.15, 0.2) is 36.9 Å². The number of fused-ring (bicyclic) bond motifs is 2. The molecule has 0 saturated heterocycles. The molecule has 0 radical (unpaired) electrons. The van der Waals surface area contributed by atoms with Crippen molar-refractivity contribution in [3.05, 3.63) is 53.6 Å². The van der Waals surface area contributed by atoms with E-state index in [4.69, 9.17) is 0 Å². The van der Waals surface area contributed by atoms with Crippen LogP contribution >= 0.6 is 0 Å². The molecule has 2 fully saturated rings. The summed E-state index contributed by atoms with van der Waals surface area (Å²) in [4.78, 5) is 0. The minimum absolute atomic E-state index is 0.878. The Morgan fingerprint density at radius 1 is 0.880 bits per heavy atom. The van der Waals surface area contributed by atoms with Crippen molar-refractivity contribution in [2.24, 2.45) is 29.6 Å². The zero-order valence-corrected chi connectivity index (χ0v) is 15.9. The van der Waals surface area contributed by atoms with Crippen molar-refractivity contribution >= 4 is 6.08 Å². The summed E-state index contributed by atoms with van der Waals surface area (Å²) < 4.78 is 0. The predicted molar refractivity (Wildman–Crippen MR) is 109 cm³/mol. The number of benzene rings is 1. The van der Waals surface area contributed by atoms with Crippen LogP contribution in [0.2, 0.25) is 0 Å². The SMILES string of the molecule is C=Cc1ccc2c(c1)CCC(C1CCC3CC(C=CC)CCC3C1)C2. The summed E-state index contributed by atoms with van der Waals surface area (Å²) in [6.45, 7) is 6.10. The van der Waals surface area contributed by atoms with Crippen molar-refractivity contribution in [2.75, 3.05) is 0 Å². The molecular formula is C25H34. The highest BCUT2D eigenvalue weighted by atomic mass is 14.4. The van der Waals surface area contributed by atoms with Crippen LogP contribution in [0.5, 0.6) is 0 Å². The van der Waals surface area contributed by atoms with E-state index in [1.807, 2.05) is 6.08 Å². The van der Waals surface area contributed by atoms with Gasteiger partial charge in [-0.2, -0.15) is 0 Å².